The van der Waals surface area contributed by atoms with Crippen molar-refractivity contribution in [3.63, 3.8) is 0 Å². The van der Waals surface area contributed by atoms with E-state index >= 15 is 0 Å². The van der Waals surface area contributed by atoms with Crippen LogP contribution in [0.2, 0.25) is 0 Å². The van der Waals surface area contributed by atoms with Crippen LogP contribution in [0.15, 0.2) is 28.7 Å². The molecule has 0 saturated carbocycles. The average molecular weight is 272 g/mol. The van der Waals surface area contributed by atoms with Gasteiger partial charge >= 0.3 is 0 Å². The van der Waals surface area contributed by atoms with Crippen molar-refractivity contribution in [1.29, 1.82) is 0 Å². The zero-order chi connectivity index (χ0) is 10.7. The number of rotatable bonds is 3. The van der Waals surface area contributed by atoms with Crippen LogP contribution in [0.5, 0.6) is 0 Å². The summed E-state index contributed by atoms with van der Waals surface area (Å²) in [5.41, 5.74) is 1.19. The lowest BCUT2D eigenvalue weighted by Gasteiger charge is -2.14. The first kappa shape index (κ1) is 11.1. The Bertz CT molecular complexity index is 332. The molecule has 0 spiro atoms. The van der Waals surface area contributed by atoms with Crippen LogP contribution in [0.3, 0.4) is 0 Å². The van der Waals surface area contributed by atoms with Crippen molar-refractivity contribution in [2.24, 2.45) is 0 Å². The normalized spacial score (nSPS) is 25.7. The van der Waals surface area contributed by atoms with Crippen molar-refractivity contribution in [3.05, 3.63) is 34.3 Å². The van der Waals surface area contributed by atoms with Gasteiger partial charge in [-0.2, -0.15) is 0 Å². The molecule has 1 fully saturated rings. The number of ether oxygens (including phenoxy) is 1. The molecule has 1 saturated heterocycles. The number of hydrogen-bond donors (Lipinski definition) is 2. The van der Waals surface area contributed by atoms with Gasteiger partial charge in [-0.25, -0.2) is 0 Å². The van der Waals surface area contributed by atoms with Crippen LogP contribution in [-0.2, 0) is 11.3 Å². The molecule has 2 rings (SSSR count). The van der Waals surface area contributed by atoms with E-state index in [2.05, 4.69) is 27.3 Å². The minimum atomic E-state index is -0.382. The number of aliphatic hydroxyl groups is 1. The molecule has 0 radical (unpaired) electrons. The van der Waals surface area contributed by atoms with Gasteiger partial charge in [0.1, 0.15) is 0 Å². The summed E-state index contributed by atoms with van der Waals surface area (Å²) in [4.78, 5) is 0. The second-order valence-electron chi connectivity index (χ2n) is 3.68. The molecule has 0 amide bonds. The van der Waals surface area contributed by atoms with Crippen LogP contribution in [0.4, 0.5) is 0 Å². The zero-order valence-electron chi connectivity index (χ0n) is 8.32. The molecule has 2 N–H and O–H groups in total. The van der Waals surface area contributed by atoms with Crippen molar-refractivity contribution in [3.8, 4) is 0 Å². The van der Waals surface area contributed by atoms with Gasteiger partial charge in [-0.3, -0.25) is 0 Å². The molecule has 1 heterocycles. The Balaban J connectivity index is 1.90. The molecule has 2 atom stereocenters. The Labute approximate surface area is 97.6 Å². The van der Waals surface area contributed by atoms with Crippen molar-refractivity contribution < 1.29 is 9.84 Å². The van der Waals surface area contributed by atoms with E-state index in [-0.39, 0.29) is 12.1 Å². The SMILES string of the molecule is OC1COCC1NCc1ccccc1Br. The molecule has 82 valence electrons. The molecule has 1 aliphatic rings. The van der Waals surface area contributed by atoms with E-state index in [9.17, 15) is 5.11 Å². The van der Waals surface area contributed by atoms with E-state index in [4.69, 9.17) is 4.74 Å². The van der Waals surface area contributed by atoms with Gasteiger partial charge in [-0.05, 0) is 11.6 Å². The van der Waals surface area contributed by atoms with Crippen molar-refractivity contribution in [2.45, 2.75) is 18.7 Å². The van der Waals surface area contributed by atoms with Gasteiger partial charge in [0, 0.05) is 11.0 Å². The summed E-state index contributed by atoms with van der Waals surface area (Å²) in [5.74, 6) is 0. The summed E-state index contributed by atoms with van der Waals surface area (Å²) in [5, 5.41) is 12.8. The molecule has 2 unspecified atom stereocenters. The lowest BCUT2D eigenvalue weighted by atomic mass is 10.2. The third kappa shape index (κ3) is 2.78. The lowest BCUT2D eigenvalue weighted by Crippen LogP contribution is -2.38. The molecule has 1 aromatic carbocycles. The fourth-order valence-electron chi connectivity index (χ4n) is 1.62. The van der Waals surface area contributed by atoms with Gasteiger partial charge in [-0.1, -0.05) is 34.1 Å². The van der Waals surface area contributed by atoms with E-state index in [0.29, 0.717) is 13.2 Å². The minimum Gasteiger partial charge on any atom is -0.389 e. The Morgan fingerprint density at radius 1 is 1.40 bits per heavy atom. The average Bonchev–Trinajstić information content (AvgIpc) is 2.63. The first-order valence-electron chi connectivity index (χ1n) is 5.00. The second-order valence-corrected chi connectivity index (χ2v) is 4.54. The summed E-state index contributed by atoms with van der Waals surface area (Å²) in [6.07, 6.45) is -0.382. The third-order valence-corrected chi connectivity index (χ3v) is 3.34. The summed E-state index contributed by atoms with van der Waals surface area (Å²) in [6, 6.07) is 8.11. The highest BCUT2D eigenvalue weighted by atomic mass is 79.9. The monoisotopic (exact) mass is 271 g/mol. The Kier molecular flexibility index (Phi) is 3.75. The fourth-order valence-corrected chi connectivity index (χ4v) is 2.05. The number of benzene rings is 1. The molecule has 0 aliphatic carbocycles. The highest BCUT2D eigenvalue weighted by Gasteiger charge is 2.25. The largest absolute Gasteiger partial charge is 0.389 e. The molecule has 4 heteroatoms. The van der Waals surface area contributed by atoms with E-state index in [0.717, 1.165) is 11.0 Å². The summed E-state index contributed by atoms with van der Waals surface area (Å²) in [7, 11) is 0. The first-order valence-corrected chi connectivity index (χ1v) is 5.79. The molecule has 1 aliphatic heterocycles. The van der Waals surface area contributed by atoms with Crippen LogP contribution < -0.4 is 5.32 Å². The maximum Gasteiger partial charge on any atom is 0.0948 e. The van der Waals surface area contributed by atoms with Gasteiger partial charge in [0.15, 0.2) is 0 Å². The second kappa shape index (κ2) is 5.07. The van der Waals surface area contributed by atoms with E-state index in [1.807, 2.05) is 18.2 Å². The summed E-state index contributed by atoms with van der Waals surface area (Å²) >= 11 is 3.49. The van der Waals surface area contributed by atoms with Gasteiger partial charge in [0.2, 0.25) is 0 Å². The van der Waals surface area contributed by atoms with Gasteiger partial charge in [-0.15, -0.1) is 0 Å². The number of halogens is 1. The highest BCUT2D eigenvalue weighted by Crippen LogP contribution is 2.16. The van der Waals surface area contributed by atoms with E-state index in [1.54, 1.807) is 0 Å². The van der Waals surface area contributed by atoms with Crippen molar-refractivity contribution >= 4 is 15.9 Å². The fraction of sp³-hybridized carbons (Fsp3) is 0.455. The lowest BCUT2D eigenvalue weighted by molar-refractivity contribution is 0.122. The molecule has 0 aromatic heterocycles. The van der Waals surface area contributed by atoms with Crippen molar-refractivity contribution in [1.82, 2.24) is 5.32 Å². The maximum atomic E-state index is 9.54. The quantitative estimate of drug-likeness (QED) is 0.871. The molecule has 15 heavy (non-hydrogen) atoms. The third-order valence-electron chi connectivity index (χ3n) is 2.56. The summed E-state index contributed by atoms with van der Waals surface area (Å²) in [6.45, 7) is 1.77. The number of hydrogen-bond acceptors (Lipinski definition) is 3. The number of aliphatic hydroxyl groups excluding tert-OH is 1. The predicted molar refractivity (Wildman–Crippen MR) is 61.6 cm³/mol. The Hall–Kier alpha value is -0.420. The molecule has 0 bridgehead atoms. The number of nitrogens with one attached hydrogen (secondary N) is 1. The van der Waals surface area contributed by atoms with E-state index < -0.39 is 0 Å². The van der Waals surface area contributed by atoms with Crippen LogP contribution >= 0.6 is 15.9 Å². The van der Waals surface area contributed by atoms with E-state index in [1.165, 1.54) is 5.56 Å². The molecule has 1 aromatic rings. The smallest absolute Gasteiger partial charge is 0.0948 e. The molecular formula is C11H14BrNO2. The van der Waals surface area contributed by atoms with Crippen LogP contribution in [-0.4, -0.2) is 30.5 Å². The standard InChI is InChI=1S/C11H14BrNO2/c12-9-4-2-1-3-8(9)5-13-10-6-15-7-11(10)14/h1-4,10-11,13-14H,5-7H2. The molecule has 3 nitrogen and oxygen atoms in total. The predicted octanol–water partition coefficient (Wildman–Crippen LogP) is 1.30. The maximum absolute atomic E-state index is 9.54. The van der Waals surface area contributed by atoms with Gasteiger partial charge in [0.05, 0.1) is 25.4 Å². The zero-order valence-corrected chi connectivity index (χ0v) is 9.90. The topological polar surface area (TPSA) is 41.5 Å². The van der Waals surface area contributed by atoms with Gasteiger partial charge in [0.25, 0.3) is 0 Å². The Morgan fingerprint density at radius 2 is 2.20 bits per heavy atom. The Morgan fingerprint density at radius 3 is 2.87 bits per heavy atom. The molecular weight excluding hydrogens is 258 g/mol. The van der Waals surface area contributed by atoms with Gasteiger partial charge < -0.3 is 15.2 Å². The minimum absolute atomic E-state index is 0.0529. The van der Waals surface area contributed by atoms with Crippen LogP contribution in [0.25, 0.3) is 0 Å². The highest BCUT2D eigenvalue weighted by molar-refractivity contribution is 9.10. The van der Waals surface area contributed by atoms with Crippen molar-refractivity contribution in [2.75, 3.05) is 13.2 Å². The van der Waals surface area contributed by atoms with Crippen LogP contribution in [0.1, 0.15) is 5.56 Å². The van der Waals surface area contributed by atoms with Crippen LogP contribution in [0, 0.1) is 0 Å². The first-order chi connectivity index (χ1) is 7.27. The summed E-state index contributed by atoms with van der Waals surface area (Å²) < 4.78 is 6.25.